The summed E-state index contributed by atoms with van der Waals surface area (Å²) in [6.07, 6.45) is 5.84. The molecule has 1 atom stereocenters. The maximum atomic E-state index is 13.4. The number of rotatable bonds is 6. The molecule has 0 aromatic heterocycles. The number of amides is 2. The monoisotopic (exact) mass is 380 g/mol. The Morgan fingerprint density at radius 1 is 1.15 bits per heavy atom. The van der Waals surface area contributed by atoms with Crippen molar-refractivity contribution in [2.45, 2.75) is 63.6 Å². The van der Waals surface area contributed by atoms with E-state index in [1.165, 1.54) is 12.1 Å². The summed E-state index contributed by atoms with van der Waals surface area (Å²) in [5, 5.41) is 3.13. The van der Waals surface area contributed by atoms with E-state index in [1.54, 1.807) is 17.0 Å². The summed E-state index contributed by atoms with van der Waals surface area (Å²) in [5.74, 6) is -0.285. The zero-order valence-corrected chi connectivity index (χ0v) is 15.8. The molecule has 4 nitrogen and oxygen atoms in total. The fourth-order valence-electron chi connectivity index (χ4n) is 3.75. The van der Waals surface area contributed by atoms with E-state index in [1.807, 2.05) is 0 Å². The molecule has 1 aromatic carbocycles. The lowest BCUT2D eigenvalue weighted by molar-refractivity contribution is -0.140. The predicted molar refractivity (Wildman–Crippen MR) is 99.3 cm³/mol. The highest BCUT2D eigenvalue weighted by molar-refractivity contribution is 6.27. The minimum Gasteiger partial charge on any atom is -0.351 e. The Bertz CT molecular complexity index is 640. The average molecular weight is 381 g/mol. The summed E-state index contributed by atoms with van der Waals surface area (Å²) in [6.45, 7) is 2.23. The molecule has 142 valence electrons. The number of benzene rings is 1. The highest BCUT2D eigenvalue weighted by Gasteiger charge is 2.41. The average Bonchev–Trinajstić information content (AvgIpc) is 3.46. The molecule has 1 aromatic rings. The third-order valence-corrected chi connectivity index (χ3v) is 5.65. The molecule has 2 aliphatic carbocycles. The first-order chi connectivity index (χ1) is 12.5. The molecule has 2 amide bonds. The maximum Gasteiger partial charge on any atom is 0.247 e. The molecule has 2 fully saturated rings. The van der Waals surface area contributed by atoms with Crippen molar-refractivity contribution in [2.24, 2.45) is 5.92 Å². The van der Waals surface area contributed by atoms with E-state index in [0.29, 0.717) is 11.5 Å². The van der Waals surface area contributed by atoms with Gasteiger partial charge in [-0.3, -0.25) is 9.59 Å². The van der Waals surface area contributed by atoms with Gasteiger partial charge in [0.25, 0.3) is 0 Å². The first-order valence-electron chi connectivity index (χ1n) is 9.42. The number of hydrogen-bond acceptors (Lipinski definition) is 2. The van der Waals surface area contributed by atoms with Gasteiger partial charge in [-0.25, -0.2) is 4.39 Å². The van der Waals surface area contributed by atoms with Crippen LogP contribution in [0.3, 0.4) is 0 Å². The number of hydrogen-bond donors (Lipinski definition) is 1. The van der Waals surface area contributed by atoms with Crippen LogP contribution in [0.2, 0.25) is 0 Å². The van der Waals surface area contributed by atoms with Crippen molar-refractivity contribution in [1.82, 2.24) is 10.2 Å². The molecule has 3 rings (SSSR count). The van der Waals surface area contributed by atoms with Crippen LogP contribution in [-0.4, -0.2) is 34.7 Å². The van der Waals surface area contributed by atoms with Crippen LogP contribution < -0.4 is 5.32 Å². The molecule has 0 unspecified atom stereocenters. The number of nitrogens with one attached hydrogen (secondary N) is 1. The molecule has 0 saturated heterocycles. The molecule has 2 aliphatic rings. The van der Waals surface area contributed by atoms with Crippen LogP contribution in [0.5, 0.6) is 0 Å². The van der Waals surface area contributed by atoms with Gasteiger partial charge in [-0.05, 0) is 62.1 Å². The third kappa shape index (κ3) is 4.56. The number of halogens is 2. The fraction of sp³-hybridized carbons (Fsp3) is 0.600. The number of nitrogens with zero attached hydrogens (tertiary/aromatic N) is 1. The van der Waals surface area contributed by atoms with Crippen LogP contribution in [0.15, 0.2) is 24.3 Å². The number of carbonyl (C=O) groups is 2. The normalized spacial score (nSPS) is 24.0. The second-order valence-corrected chi connectivity index (χ2v) is 7.85. The first-order valence-corrected chi connectivity index (χ1v) is 9.96. The van der Waals surface area contributed by atoms with Crippen molar-refractivity contribution >= 4 is 23.4 Å². The fourth-order valence-corrected chi connectivity index (χ4v) is 3.89. The zero-order valence-electron chi connectivity index (χ0n) is 15.1. The van der Waals surface area contributed by atoms with Gasteiger partial charge in [-0.15, -0.1) is 11.6 Å². The molecule has 0 radical (unpaired) electrons. The van der Waals surface area contributed by atoms with Crippen molar-refractivity contribution in [3.05, 3.63) is 35.6 Å². The highest BCUT2D eigenvalue weighted by atomic mass is 35.5. The van der Waals surface area contributed by atoms with Crippen LogP contribution in [0.25, 0.3) is 0 Å². The van der Waals surface area contributed by atoms with Gasteiger partial charge in [0.15, 0.2) is 0 Å². The Morgan fingerprint density at radius 2 is 1.77 bits per heavy atom. The third-order valence-electron chi connectivity index (χ3n) is 5.42. The minimum atomic E-state index is -0.756. The SMILES string of the molecule is CC1CCC(NC(=O)[C@@H](c2ccc(F)cc2)N(C(=O)CCl)C2CC2)CC1. The van der Waals surface area contributed by atoms with E-state index < -0.39 is 6.04 Å². The molecule has 0 bridgehead atoms. The van der Waals surface area contributed by atoms with Gasteiger partial charge in [0.2, 0.25) is 11.8 Å². The second-order valence-electron chi connectivity index (χ2n) is 7.59. The number of alkyl halides is 1. The second kappa shape index (κ2) is 8.38. The summed E-state index contributed by atoms with van der Waals surface area (Å²) in [7, 11) is 0. The molecule has 0 aliphatic heterocycles. The van der Waals surface area contributed by atoms with E-state index in [0.717, 1.165) is 38.5 Å². The lowest BCUT2D eigenvalue weighted by Gasteiger charge is -2.34. The van der Waals surface area contributed by atoms with Crippen molar-refractivity contribution in [2.75, 3.05) is 5.88 Å². The van der Waals surface area contributed by atoms with Crippen molar-refractivity contribution in [3.8, 4) is 0 Å². The molecule has 1 N–H and O–H groups in total. The first kappa shape index (κ1) is 19.2. The van der Waals surface area contributed by atoms with Crippen LogP contribution in [0.4, 0.5) is 4.39 Å². The molecular weight excluding hydrogens is 355 g/mol. The highest BCUT2D eigenvalue weighted by Crippen LogP contribution is 2.35. The van der Waals surface area contributed by atoms with Crippen molar-refractivity contribution in [3.63, 3.8) is 0 Å². The molecule has 26 heavy (non-hydrogen) atoms. The smallest absolute Gasteiger partial charge is 0.247 e. The topological polar surface area (TPSA) is 49.4 Å². The Kier molecular flexibility index (Phi) is 6.17. The number of carbonyl (C=O) groups excluding carboxylic acids is 2. The molecule has 2 saturated carbocycles. The van der Waals surface area contributed by atoms with Gasteiger partial charge in [0.05, 0.1) is 0 Å². The van der Waals surface area contributed by atoms with Crippen molar-refractivity contribution < 1.29 is 14.0 Å². The van der Waals surface area contributed by atoms with Gasteiger partial charge in [-0.2, -0.15) is 0 Å². The Labute approximate surface area is 159 Å². The van der Waals surface area contributed by atoms with Crippen LogP contribution in [-0.2, 0) is 9.59 Å². The quantitative estimate of drug-likeness (QED) is 0.763. The Balaban J connectivity index is 1.83. The Hall–Kier alpha value is -1.62. The minimum absolute atomic E-state index is 0.0356. The summed E-state index contributed by atoms with van der Waals surface area (Å²) < 4.78 is 13.4. The molecule has 0 heterocycles. The predicted octanol–water partition coefficient (Wildman–Crippen LogP) is 3.79. The van der Waals surface area contributed by atoms with E-state index in [-0.39, 0.29) is 35.6 Å². The van der Waals surface area contributed by atoms with Crippen LogP contribution in [0.1, 0.15) is 57.1 Å². The maximum absolute atomic E-state index is 13.4. The summed E-state index contributed by atoms with van der Waals surface area (Å²) >= 11 is 5.81. The van der Waals surface area contributed by atoms with Gasteiger partial charge >= 0.3 is 0 Å². The molecular formula is C20H26ClFN2O2. The van der Waals surface area contributed by atoms with Gasteiger partial charge in [0.1, 0.15) is 17.7 Å². The van der Waals surface area contributed by atoms with Gasteiger partial charge < -0.3 is 10.2 Å². The largest absolute Gasteiger partial charge is 0.351 e. The molecule has 0 spiro atoms. The summed E-state index contributed by atoms with van der Waals surface area (Å²) in [5.41, 5.74) is 0.624. The van der Waals surface area contributed by atoms with E-state index >= 15 is 0 Å². The van der Waals surface area contributed by atoms with E-state index in [2.05, 4.69) is 12.2 Å². The van der Waals surface area contributed by atoms with Gasteiger partial charge in [-0.1, -0.05) is 19.1 Å². The Morgan fingerprint density at radius 3 is 2.31 bits per heavy atom. The van der Waals surface area contributed by atoms with E-state index in [4.69, 9.17) is 11.6 Å². The lowest BCUT2D eigenvalue weighted by Crippen LogP contribution is -2.48. The summed E-state index contributed by atoms with van der Waals surface area (Å²) in [4.78, 5) is 27.2. The van der Waals surface area contributed by atoms with Crippen LogP contribution >= 0.6 is 11.6 Å². The zero-order chi connectivity index (χ0) is 18.7. The van der Waals surface area contributed by atoms with E-state index in [9.17, 15) is 14.0 Å². The van der Waals surface area contributed by atoms with Crippen LogP contribution in [0, 0.1) is 11.7 Å². The van der Waals surface area contributed by atoms with Gasteiger partial charge in [0, 0.05) is 12.1 Å². The summed E-state index contributed by atoms with van der Waals surface area (Å²) in [6, 6.07) is 5.23. The lowest BCUT2D eigenvalue weighted by atomic mass is 9.87. The van der Waals surface area contributed by atoms with Crippen molar-refractivity contribution in [1.29, 1.82) is 0 Å². The standard InChI is InChI=1S/C20H26ClFN2O2/c1-13-2-8-16(9-3-13)23-20(26)19(14-4-6-15(22)7-5-14)24(17-10-11-17)18(25)12-21/h4-7,13,16-17,19H,2-3,8-12H2,1H3,(H,23,26)/t13?,16?,19-/m1/s1. The molecule has 6 heteroatoms.